The van der Waals surface area contributed by atoms with Crippen molar-refractivity contribution in [1.82, 2.24) is 19.7 Å². The smallest absolute Gasteiger partial charge is 0.300 e. The Hall–Kier alpha value is -2.13. The lowest BCUT2D eigenvalue weighted by molar-refractivity contribution is -0.134. The van der Waals surface area contributed by atoms with Crippen LogP contribution in [0.1, 0.15) is 18.6 Å². The standard InChI is InChI=1S/C17H22FN5S.C2H4O2/c18-14-1-3-15(4-2-14)22-8-6-21(7-9-22)13-17-20-19-16-5-11-24-12-10-23(16)17;1-2(3)4/h1-4H,5-13H2;1H3,(H,3,4). The summed E-state index contributed by atoms with van der Waals surface area (Å²) in [6.07, 6.45) is 1.02. The Bertz CT molecular complexity index is 771. The summed E-state index contributed by atoms with van der Waals surface area (Å²) < 4.78 is 15.4. The number of piperazine rings is 1. The molecule has 1 saturated heterocycles. The minimum absolute atomic E-state index is 0.178. The SMILES string of the molecule is CC(=O)O.Fc1ccc(N2CCN(Cc3nnc4n3CCSCC4)CC2)cc1. The molecule has 0 bridgehead atoms. The molecule has 3 heterocycles. The highest BCUT2D eigenvalue weighted by molar-refractivity contribution is 7.99. The Morgan fingerprint density at radius 1 is 1.11 bits per heavy atom. The van der Waals surface area contributed by atoms with Gasteiger partial charge in [0, 0.05) is 63.3 Å². The third-order valence-corrected chi connectivity index (χ3v) is 5.73. The van der Waals surface area contributed by atoms with Crippen LogP contribution in [0.3, 0.4) is 0 Å². The van der Waals surface area contributed by atoms with Gasteiger partial charge in [-0.2, -0.15) is 11.8 Å². The van der Waals surface area contributed by atoms with Crippen molar-refractivity contribution in [2.24, 2.45) is 0 Å². The summed E-state index contributed by atoms with van der Waals surface area (Å²) in [6.45, 7) is 6.89. The predicted molar refractivity (Wildman–Crippen MR) is 108 cm³/mol. The summed E-state index contributed by atoms with van der Waals surface area (Å²) in [6, 6.07) is 6.79. The molecular formula is C19H26FN5O2S. The second-order valence-corrected chi connectivity index (χ2v) is 8.03. The molecule has 1 aromatic carbocycles. The summed E-state index contributed by atoms with van der Waals surface area (Å²) in [5.74, 6) is 3.52. The number of anilines is 1. The fourth-order valence-corrected chi connectivity index (χ4v) is 4.21. The molecule has 0 unspecified atom stereocenters. The second-order valence-electron chi connectivity index (χ2n) is 6.81. The molecule has 2 aliphatic rings. The van der Waals surface area contributed by atoms with Crippen LogP contribution in [0, 0.1) is 5.82 Å². The minimum Gasteiger partial charge on any atom is -0.481 e. The van der Waals surface area contributed by atoms with E-state index in [0.29, 0.717) is 0 Å². The van der Waals surface area contributed by atoms with E-state index in [0.717, 1.165) is 81.5 Å². The molecule has 0 radical (unpaired) electrons. The average molecular weight is 408 g/mol. The van der Waals surface area contributed by atoms with Crippen molar-refractivity contribution in [2.75, 3.05) is 42.6 Å². The number of benzene rings is 1. The zero-order valence-corrected chi connectivity index (χ0v) is 16.9. The molecule has 152 valence electrons. The van der Waals surface area contributed by atoms with Crippen LogP contribution < -0.4 is 4.90 Å². The molecule has 28 heavy (non-hydrogen) atoms. The Morgan fingerprint density at radius 2 is 1.79 bits per heavy atom. The van der Waals surface area contributed by atoms with Crippen molar-refractivity contribution in [3.8, 4) is 0 Å². The van der Waals surface area contributed by atoms with Crippen molar-refractivity contribution in [3.05, 3.63) is 41.7 Å². The van der Waals surface area contributed by atoms with Crippen molar-refractivity contribution in [1.29, 1.82) is 0 Å². The monoisotopic (exact) mass is 407 g/mol. The predicted octanol–water partition coefficient (Wildman–Crippen LogP) is 2.12. The number of hydrogen-bond acceptors (Lipinski definition) is 6. The number of aromatic nitrogens is 3. The molecule has 0 aliphatic carbocycles. The lowest BCUT2D eigenvalue weighted by atomic mass is 10.2. The largest absolute Gasteiger partial charge is 0.481 e. The zero-order chi connectivity index (χ0) is 19.9. The van der Waals surface area contributed by atoms with Crippen LogP contribution in [0.25, 0.3) is 0 Å². The van der Waals surface area contributed by atoms with Crippen LogP contribution in [0.15, 0.2) is 24.3 Å². The molecule has 1 N–H and O–H groups in total. The Labute approximate surface area is 168 Å². The van der Waals surface area contributed by atoms with Crippen LogP contribution in [0.4, 0.5) is 10.1 Å². The first-order chi connectivity index (χ1) is 13.5. The average Bonchev–Trinajstić information content (AvgIpc) is 2.89. The van der Waals surface area contributed by atoms with Crippen molar-refractivity contribution in [3.63, 3.8) is 0 Å². The van der Waals surface area contributed by atoms with Gasteiger partial charge in [0.2, 0.25) is 0 Å². The zero-order valence-electron chi connectivity index (χ0n) is 16.1. The molecule has 0 spiro atoms. The maximum atomic E-state index is 13.1. The number of carboxylic acid groups (broad SMARTS) is 1. The number of nitrogens with zero attached hydrogens (tertiary/aromatic N) is 5. The number of aliphatic carboxylic acids is 1. The fourth-order valence-electron chi connectivity index (χ4n) is 3.37. The summed E-state index contributed by atoms with van der Waals surface area (Å²) in [4.78, 5) is 13.8. The number of rotatable bonds is 3. The maximum Gasteiger partial charge on any atom is 0.300 e. The molecular weight excluding hydrogens is 381 g/mol. The van der Waals surface area contributed by atoms with Gasteiger partial charge in [-0.1, -0.05) is 0 Å². The molecule has 0 amide bonds. The first kappa shape index (κ1) is 20.6. The first-order valence-corrected chi connectivity index (χ1v) is 10.6. The summed E-state index contributed by atoms with van der Waals surface area (Å²) in [7, 11) is 0. The van der Waals surface area contributed by atoms with E-state index < -0.39 is 5.97 Å². The van der Waals surface area contributed by atoms with E-state index in [-0.39, 0.29) is 5.82 Å². The van der Waals surface area contributed by atoms with Gasteiger partial charge in [-0.25, -0.2) is 4.39 Å². The molecule has 1 aromatic heterocycles. The van der Waals surface area contributed by atoms with Crippen LogP contribution >= 0.6 is 11.8 Å². The van der Waals surface area contributed by atoms with E-state index in [1.54, 1.807) is 0 Å². The number of fused-ring (bicyclic) bond motifs is 1. The topological polar surface area (TPSA) is 74.5 Å². The van der Waals surface area contributed by atoms with Crippen LogP contribution in [-0.2, 0) is 24.3 Å². The van der Waals surface area contributed by atoms with Crippen LogP contribution in [-0.4, -0.2) is 68.4 Å². The summed E-state index contributed by atoms with van der Waals surface area (Å²) in [5, 5.41) is 16.2. The number of thioether (sulfide) groups is 1. The number of halogens is 1. The number of aryl methyl sites for hydroxylation is 1. The molecule has 2 aromatic rings. The Balaban J connectivity index is 0.000000516. The summed E-state index contributed by atoms with van der Waals surface area (Å²) in [5.41, 5.74) is 1.10. The van der Waals surface area contributed by atoms with Gasteiger partial charge in [0.1, 0.15) is 17.5 Å². The normalized spacial score (nSPS) is 17.3. The van der Waals surface area contributed by atoms with E-state index in [4.69, 9.17) is 9.90 Å². The first-order valence-electron chi connectivity index (χ1n) is 9.44. The second kappa shape index (κ2) is 9.88. The van der Waals surface area contributed by atoms with Crippen LogP contribution in [0.2, 0.25) is 0 Å². The van der Waals surface area contributed by atoms with Gasteiger partial charge >= 0.3 is 0 Å². The lowest BCUT2D eigenvalue weighted by Gasteiger charge is -2.35. The minimum atomic E-state index is -0.833. The van der Waals surface area contributed by atoms with Gasteiger partial charge in [-0.3, -0.25) is 9.69 Å². The Morgan fingerprint density at radius 3 is 2.46 bits per heavy atom. The van der Waals surface area contributed by atoms with Gasteiger partial charge in [-0.15, -0.1) is 10.2 Å². The van der Waals surface area contributed by atoms with Gasteiger partial charge in [-0.05, 0) is 24.3 Å². The maximum absolute atomic E-state index is 13.1. The van der Waals surface area contributed by atoms with Gasteiger partial charge in [0.15, 0.2) is 0 Å². The summed E-state index contributed by atoms with van der Waals surface area (Å²) >= 11 is 2.00. The number of carbonyl (C=O) groups is 1. The lowest BCUT2D eigenvalue weighted by Crippen LogP contribution is -2.46. The number of carboxylic acids is 1. The van der Waals surface area contributed by atoms with E-state index in [9.17, 15) is 4.39 Å². The highest BCUT2D eigenvalue weighted by Crippen LogP contribution is 2.19. The molecule has 0 atom stereocenters. The molecule has 7 nitrogen and oxygen atoms in total. The van der Waals surface area contributed by atoms with E-state index >= 15 is 0 Å². The molecule has 2 aliphatic heterocycles. The van der Waals surface area contributed by atoms with Crippen molar-refractivity contribution in [2.45, 2.75) is 26.4 Å². The molecule has 9 heteroatoms. The number of hydrogen-bond donors (Lipinski definition) is 1. The third-order valence-electron chi connectivity index (χ3n) is 4.76. The molecule has 4 rings (SSSR count). The Kier molecular flexibility index (Phi) is 7.27. The fraction of sp³-hybridized carbons (Fsp3) is 0.526. The third kappa shape index (κ3) is 5.68. The van der Waals surface area contributed by atoms with E-state index in [1.807, 2.05) is 23.9 Å². The molecule has 0 saturated carbocycles. The van der Waals surface area contributed by atoms with Gasteiger partial charge in [0.25, 0.3) is 5.97 Å². The highest BCUT2D eigenvalue weighted by Gasteiger charge is 2.21. The van der Waals surface area contributed by atoms with Crippen LogP contribution in [0.5, 0.6) is 0 Å². The van der Waals surface area contributed by atoms with Crippen molar-refractivity contribution < 1.29 is 14.3 Å². The quantitative estimate of drug-likeness (QED) is 0.835. The van der Waals surface area contributed by atoms with Crippen molar-refractivity contribution >= 4 is 23.4 Å². The van der Waals surface area contributed by atoms with E-state index in [2.05, 4.69) is 24.6 Å². The van der Waals surface area contributed by atoms with E-state index in [1.165, 1.54) is 12.1 Å². The van der Waals surface area contributed by atoms with Gasteiger partial charge < -0.3 is 14.6 Å². The highest BCUT2D eigenvalue weighted by atomic mass is 32.2. The van der Waals surface area contributed by atoms with Gasteiger partial charge in [0.05, 0.1) is 6.54 Å². The molecule has 1 fully saturated rings.